The highest BCUT2D eigenvalue weighted by Crippen LogP contribution is 2.22. The van der Waals surface area contributed by atoms with Gasteiger partial charge in [-0.1, -0.05) is 32.1 Å². The van der Waals surface area contributed by atoms with Crippen molar-refractivity contribution in [1.82, 2.24) is 20.0 Å². The van der Waals surface area contributed by atoms with Gasteiger partial charge in [-0.2, -0.15) is 5.10 Å². The molecule has 3 rings (SSSR count). The van der Waals surface area contributed by atoms with Gasteiger partial charge in [0.25, 0.3) is 0 Å². The molecule has 0 atom stereocenters. The molecule has 1 aliphatic heterocycles. The van der Waals surface area contributed by atoms with E-state index in [9.17, 15) is 4.79 Å². The first-order chi connectivity index (χ1) is 12.7. The highest BCUT2D eigenvalue weighted by molar-refractivity contribution is 5.98. The summed E-state index contributed by atoms with van der Waals surface area (Å²) in [7, 11) is 3.67. The van der Waals surface area contributed by atoms with Crippen molar-refractivity contribution >= 4 is 17.6 Å². The van der Waals surface area contributed by atoms with Gasteiger partial charge in [0.05, 0.1) is 11.9 Å². The number of aliphatic imine (C=N–C) groups is 1. The van der Waals surface area contributed by atoms with Gasteiger partial charge in [0.15, 0.2) is 5.96 Å². The monoisotopic (exact) mass is 360 g/mol. The molecule has 1 aromatic rings. The van der Waals surface area contributed by atoms with Gasteiger partial charge < -0.3 is 15.1 Å². The molecule has 0 spiro atoms. The first-order valence-corrected chi connectivity index (χ1v) is 9.92. The average molecular weight is 361 g/mol. The van der Waals surface area contributed by atoms with Crippen LogP contribution in [0.1, 0.15) is 44.9 Å². The van der Waals surface area contributed by atoms with Gasteiger partial charge in [0.1, 0.15) is 6.54 Å². The zero-order chi connectivity index (χ0) is 18.4. The predicted molar refractivity (Wildman–Crippen MR) is 104 cm³/mol. The average Bonchev–Trinajstić information content (AvgIpc) is 3.03. The van der Waals surface area contributed by atoms with E-state index in [0.717, 1.165) is 30.7 Å². The molecule has 26 heavy (non-hydrogen) atoms. The number of guanidine groups is 1. The molecule has 7 heteroatoms. The molecule has 2 heterocycles. The Kier molecular flexibility index (Phi) is 6.52. The molecule has 7 nitrogen and oxygen atoms in total. The largest absolute Gasteiger partial charge is 0.356 e. The van der Waals surface area contributed by atoms with Crippen LogP contribution in [-0.2, 0) is 11.8 Å². The van der Waals surface area contributed by atoms with Crippen LogP contribution in [0.4, 0.5) is 5.69 Å². The molecule has 0 aromatic carbocycles. The van der Waals surface area contributed by atoms with Crippen LogP contribution in [0.5, 0.6) is 0 Å². The lowest BCUT2D eigenvalue weighted by Gasteiger charge is -2.35. The molecular weight excluding hydrogens is 328 g/mol. The number of rotatable bonds is 3. The van der Waals surface area contributed by atoms with Gasteiger partial charge in [0.2, 0.25) is 5.91 Å². The second-order valence-electron chi connectivity index (χ2n) is 7.48. The molecular formula is C19H32N6O. The maximum Gasteiger partial charge on any atom is 0.246 e. The van der Waals surface area contributed by atoms with E-state index < -0.39 is 0 Å². The summed E-state index contributed by atoms with van der Waals surface area (Å²) < 4.78 is 1.73. The summed E-state index contributed by atoms with van der Waals surface area (Å²) >= 11 is 0. The number of aromatic nitrogens is 2. The van der Waals surface area contributed by atoms with Gasteiger partial charge in [-0.3, -0.25) is 14.5 Å². The molecule has 144 valence electrons. The lowest BCUT2D eigenvalue weighted by atomic mass is 9.91. The Hall–Kier alpha value is -2.05. The first-order valence-electron chi connectivity index (χ1n) is 9.92. The lowest BCUT2D eigenvalue weighted by molar-refractivity contribution is -0.120. The van der Waals surface area contributed by atoms with E-state index in [0.29, 0.717) is 13.1 Å². The topological polar surface area (TPSA) is 65.8 Å². The summed E-state index contributed by atoms with van der Waals surface area (Å²) in [4.78, 5) is 20.9. The molecule has 0 radical (unpaired) electrons. The summed E-state index contributed by atoms with van der Waals surface area (Å²) in [6.45, 7) is 2.77. The molecule has 1 saturated carbocycles. The van der Waals surface area contributed by atoms with Crippen LogP contribution in [0.25, 0.3) is 0 Å². The number of amides is 1. The minimum Gasteiger partial charge on any atom is -0.356 e. The highest BCUT2D eigenvalue weighted by Gasteiger charge is 2.27. The lowest BCUT2D eigenvalue weighted by Crippen LogP contribution is -2.55. The number of piperazine rings is 1. The van der Waals surface area contributed by atoms with Crippen molar-refractivity contribution in [2.45, 2.75) is 44.9 Å². The van der Waals surface area contributed by atoms with Crippen molar-refractivity contribution in [3.8, 4) is 0 Å². The van der Waals surface area contributed by atoms with E-state index >= 15 is 0 Å². The van der Waals surface area contributed by atoms with E-state index in [1.54, 1.807) is 17.9 Å². The molecule has 1 N–H and O–H groups in total. The van der Waals surface area contributed by atoms with E-state index in [1.165, 1.54) is 44.9 Å². The van der Waals surface area contributed by atoms with E-state index in [2.05, 4.69) is 20.3 Å². The zero-order valence-corrected chi connectivity index (χ0v) is 16.2. The van der Waals surface area contributed by atoms with E-state index in [1.807, 2.05) is 18.1 Å². The third kappa shape index (κ3) is 4.77. The van der Waals surface area contributed by atoms with Crippen molar-refractivity contribution in [2.75, 3.05) is 38.1 Å². The Morgan fingerprint density at radius 1 is 1.23 bits per heavy atom. The van der Waals surface area contributed by atoms with Crippen molar-refractivity contribution in [1.29, 1.82) is 0 Å². The third-order valence-corrected chi connectivity index (χ3v) is 5.51. The maximum absolute atomic E-state index is 12.6. The standard InChI is InChI=1S/C19H32N6O/c1-20-19(21-12-16-8-6-4-3-5-7-9-16)24-10-11-25(18(26)15-24)17-13-22-23(2)14-17/h13-14,16H,3-12,15H2,1-2H3,(H,20,21). The number of anilines is 1. The van der Waals surface area contributed by atoms with E-state index in [-0.39, 0.29) is 5.91 Å². The number of nitrogens with one attached hydrogen (secondary N) is 1. The second kappa shape index (κ2) is 9.05. The van der Waals surface area contributed by atoms with Gasteiger partial charge in [0, 0.05) is 39.9 Å². The van der Waals surface area contributed by atoms with Crippen molar-refractivity contribution in [3.63, 3.8) is 0 Å². The number of hydrogen-bond donors (Lipinski definition) is 1. The molecule has 2 fully saturated rings. The summed E-state index contributed by atoms with van der Waals surface area (Å²) in [5, 5.41) is 7.69. The molecule has 1 saturated heterocycles. The number of nitrogens with zero attached hydrogens (tertiary/aromatic N) is 5. The summed E-state index contributed by atoms with van der Waals surface area (Å²) in [5.74, 6) is 1.67. The summed E-state index contributed by atoms with van der Waals surface area (Å²) in [6, 6.07) is 0. The molecule has 1 aromatic heterocycles. The van der Waals surface area contributed by atoms with Gasteiger partial charge >= 0.3 is 0 Å². The fourth-order valence-corrected chi connectivity index (χ4v) is 3.99. The highest BCUT2D eigenvalue weighted by atomic mass is 16.2. The quantitative estimate of drug-likeness (QED) is 0.661. The Balaban J connectivity index is 1.52. The Bertz CT molecular complexity index is 617. The van der Waals surface area contributed by atoms with Gasteiger partial charge in [-0.15, -0.1) is 0 Å². The van der Waals surface area contributed by atoms with Crippen LogP contribution in [0.15, 0.2) is 17.4 Å². The first kappa shape index (κ1) is 18.7. The third-order valence-electron chi connectivity index (χ3n) is 5.51. The van der Waals surface area contributed by atoms with Crippen LogP contribution in [0, 0.1) is 5.92 Å². The molecule has 0 unspecified atom stereocenters. The van der Waals surface area contributed by atoms with Crippen molar-refractivity contribution in [3.05, 3.63) is 12.4 Å². The van der Waals surface area contributed by atoms with E-state index in [4.69, 9.17) is 0 Å². The summed E-state index contributed by atoms with van der Waals surface area (Å²) in [5.41, 5.74) is 0.870. The fraction of sp³-hybridized carbons (Fsp3) is 0.737. The summed E-state index contributed by atoms with van der Waals surface area (Å²) in [6.07, 6.45) is 13.1. The number of aryl methyl sites for hydroxylation is 1. The van der Waals surface area contributed by atoms with Crippen LogP contribution >= 0.6 is 0 Å². The predicted octanol–water partition coefficient (Wildman–Crippen LogP) is 2.00. The zero-order valence-electron chi connectivity index (χ0n) is 16.2. The molecule has 2 aliphatic rings. The maximum atomic E-state index is 12.6. The van der Waals surface area contributed by atoms with Crippen molar-refractivity contribution in [2.24, 2.45) is 18.0 Å². The fourth-order valence-electron chi connectivity index (χ4n) is 3.99. The SMILES string of the molecule is CN=C(NCC1CCCCCCC1)N1CCN(c2cnn(C)c2)C(=O)C1. The number of hydrogen-bond acceptors (Lipinski definition) is 3. The normalized spacial score (nSPS) is 20.8. The Labute approximate surface area is 156 Å². The smallest absolute Gasteiger partial charge is 0.246 e. The van der Waals surface area contributed by atoms with Gasteiger partial charge in [-0.25, -0.2) is 0 Å². The van der Waals surface area contributed by atoms with Gasteiger partial charge in [-0.05, 0) is 18.8 Å². The van der Waals surface area contributed by atoms with Crippen LogP contribution < -0.4 is 10.2 Å². The molecule has 1 amide bonds. The Morgan fingerprint density at radius 2 is 1.96 bits per heavy atom. The van der Waals surface area contributed by atoms with Crippen molar-refractivity contribution < 1.29 is 4.79 Å². The molecule has 1 aliphatic carbocycles. The van der Waals surface area contributed by atoms with Crippen LogP contribution in [0.3, 0.4) is 0 Å². The second-order valence-corrected chi connectivity index (χ2v) is 7.48. The minimum absolute atomic E-state index is 0.0955. The minimum atomic E-state index is 0.0955. The number of carbonyl (C=O) groups excluding carboxylic acids is 1. The Morgan fingerprint density at radius 3 is 2.58 bits per heavy atom. The van der Waals surface area contributed by atoms with Crippen LogP contribution in [-0.4, -0.2) is 59.8 Å². The molecule has 0 bridgehead atoms. The number of carbonyl (C=O) groups is 1. The van der Waals surface area contributed by atoms with Crippen LogP contribution in [0.2, 0.25) is 0 Å².